The molecule has 1 rings (SSSR count). The molecular formula is C19H32O3. The monoisotopic (exact) mass is 308 g/mol. The van der Waals surface area contributed by atoms with Gasteiger partial charge in [-0.15, -0.1) is 0 Å². The number of epoxide rings is 1. The van der Waals surface area contributed by atoms with Crippen LogP contribution in [-0.4, -0.2) is 24.8 Å². The summed E-state index contributed by atoms with van der Waals surface area (Å²) >= 11 is 0. The Kier molecular flexibility index (Phi) is 7.88. The van der Waals surface area contributed by atoms with Gasteiger partial charge in [0.2, 0.25) is 0 Å². The topological polar surface area (TPSA) is 38.8 Å². The molecule has 3 heteroatoms. The first-order valence-corrected chi connectivity index (χ1v) is 8.56. The molecule has 22 heavy (non-hydrogen) atoms. The van der Waals surface area contributed by atoms with Gasteiger partial charge >= 0.3 is 5.97 Å². The lowest BCUT2D eigenvalue weighted by Crippen LogP contribution is -2.09. The lowest BCUT2D eigenvalue weighted by atomic mass is 9.95. The second-order valence-electron chi connectivity index (χ2n) is 6.45. The van der Waals surface area contributed by atoms with Crippen LogP contribution in [0.25, 0.3) is 0 Å². The molecule has 0 N–H and O–H groups in total. The number of carbonyl (C=O) groups is 1. The molecule has 0 spiro atoms. The number of methoxy groups -OCH3 is 1. The number of rotatable bonds is 10. The Hall–Kier alpha value is -1.09. The van der Waals surface area contributed by atoms with E-state index in [0.29, 0.717) is 6.10 Å². The summed E-state index contributed by atoms with van der Waals surface area (Å²) in [6, 6.07) is 0. The molecular weight excluding hydrogens is 276 g/mol. The molecule has 0 aromatic rings. The highest BCUT2D eigenvalue weighted by molar-refractivity contribution is 5.82. The van der Waals surface area contributed by atoms with Crippen LogP contribution in [0.3, 0.4) is 0 Å². The smallest absolute Gasteiger partial charge is 0.330 e. The van der Waals surface area contributed by atoms with E-state index in [0.717, 1.165) is 44.1 Å². The van der Waals surface area contributed by atoms with Crippen LogP contribution < -0.4 is 0 Å². The van der Waals surface area contributed by atoms with Crippen molar-refractivity contribution in [3.63, 3.8) is 0 Å². The van der Waals surface area contributed by atoms with E-state index in [1.54, 1.807) is 6.08 Å². The third-order valence-corrected chi connectivity index (χ3v) is 4.57. The van der Waals surface area contributed by atoms with Crippen LogP contribution in [0.5, 0.6) is 0 Å². The summed E-state index contributed by atoms with van der Waals surface area (Å²) in [6.45, 7) is 8.62. The van der Waals surface area contributed by atoms with Gasteiger partial charge in [0.1, 0.15) is 0 Å². The highest BCUT2D eigenvalue weighted by Gasteiger charge is 2.49. The molecule has 1 aliphatic heterocycles. The largest absolute Gasteiger partial charge is 0.466 e. The number of allylic oxidation sites excluding steroid dienone is 3. The zero-order valence-electron chi connectivity index (χ0n) is 14.9. The Morgan fingerprint density at radius 2 is 2.05 bits per heavy atom. The first-order valence-electron chi connectivity index (χ1n) is 8.56. The number of hydrogen-bond acceptors (Lipinski definition) is 3. The van der Waals surface area contributed by atoms with Gasteiger partial charge in [0.25, 0.3) is 0 Å². The molecule has 0 aromatic carbocycles. The SMILES string of the molecule is CCC(=CCCC(C)=CC(=O)OC)CCCC1(C)OC1CC. The van der Waals surface area contributed by atoms with E-state index in [9.17, 15) is 4.79 Å². The number of ether oxygens (including phenoxy) is 2. The molecule has 2 unspecified atom stereocenters. The first kappa shape index (κ1) is 19.0. The summed E-state index contributed by atoms with van der Waals surface area (Å²) in [5, 5.41) is 0. The van der Waals surface area contributed by atoms with Gasteiger partial charge in [-0.05, 0) is 58.8 Å². The minimum absolute atomic E-state index is 0.146. The van der Waals surface area contributed by atoms with Gasteiger partial charge in [-0.2, -0.15) is 0 Å². The van der Waals surface area contributed by atoms with Crippen LogP contribution in [0.4, 0.5) is 0 Å². The standard InChI is InChI=1S/C19H32O3/c1-6-16(11-8-10-15(3)14-18(20)21-5)12-9-13-19(4)17(7-2)22-19/h11,14,17H,6-10,12-13H2,1-5H3. The predicted molar refractivity (Wildman–Crippen MR) is 90.8 cm³/mol. The number of esters is 1. The van der Waals surface area contributed by atoms with Crippen LogP contribution in [0.1, 0.15) is 72.6 Å². The third kappa shape index (κ3) is 6.35. The fourth-order valence-electron chi connectivity index (χ4n) is 2.95. The minimum Gasteiger partial charge on any atom is -0.466 e. The molecule has 1 heterocycles. The summed E-state index contributed by atoms with van der Waals surface area (Å²) in [6.07, 6.45) is 12.0. The second kappa shape index (κ2) is 9.14. The van der Waals surface area contributed by atoms with E-state index in [4.69, 9.17) is 4.74 Å². The zero-order valence-corrected chi connectivity index (χ0v) is 14.9. The molecule has 0 amide bonds. The highest BCUT2D eigenvalue weighted by atomic mass is 16.6. The fourth-order valence-corrected chi connectivity index (χ4v) is 2.95. The molecule has 0 radical (unpaired) electrons. The van der Waals surface area contributed by atoms with Crippen molar-refractivity contribution in [2.45, 2.75) is 84.3 Å². The molecule has 0 aromatic heterocycles. The predicted octanol–water partition coefficient (Wildman–Crippen LogP) is 4.96. The molecule has 126 valence electrons. The van der Waals surface area contributed by atoms with Crippen molar-refractivity contribution in [3.8, 4) is 0 Å². The van der Waals surface area contributed by atoms with Gasteiger partial charge in [-0.3, -0.25) is 0 Å². The van der Waals surface area contributed by atoms with E-state index in [2.05, 4.69) is 31.6 Å². The van der Waals surface area contributed by atoms with Gasteiger partial charge < -0.3 is 9.47 Å². The van der Waals surface area contributed by atoms with Crippen molar-refractivity contribution in [1.29, 1.82) is 0 Å². The Balaban J connectivity index is 2.29. The molecule has 3 nitrogen and oxygen atoms in total. The summed E-state index contributed by atoms with van der Waals surface area (Å²) in [7, 11) is 1.41. The Morgan fingerprint density at radius 1 is 1.32 bits per heavy atom. The normalized spacial score (nSPS) is 25.2. The van der Waals surface area contributed by atoms with Crippen molar-refractivity contribution in [3.05, 3.63) is 23.3 Å². The average molecular weight is 308 g/mol. The van der Waals surface area contributed by atoms with E-state index in [1.807, 2.05) is 6.92 Å². The quantitative estimate of drug-likeness (QED) is 0.248. The van der Waals surface area contributed by atoms with Crippen LogP contribution in [0.15, 0.2) is 23.3 Å². The fraction of sp³-hybridized carbons (Fsp3) is 0.737. The molecule has 1 aliphatic rings. The molecule has 0 bridgehead atoms. The Labute approximate surface area is 135 Å². The van der Waals surface area contributed by atoms with Gasteiger partial charge in [0, 0.05) is 6.08 Å². The maximum Gasteiger partial charge on any atom is 0.330 e. The summed E-state index contributed by atoms with van der Waals surface area (Å²) in [4.78, 5) is 11.1. The highest BCUT2D eigenvalue weighted by Crippen LogP contribution is 2.42. The van der Waals surface area contributed by atoms with E-state index < -0.39 is 0 Å². The van der Waals surface area contributed by atoms with E-state index >= 15 is 0 Å². The van der Waals surface area contributed by atoms with Gasteiger partial charge in [0.15, 0.2) is 0 Å². The average Bonchev–Trinajstić information content (AvgIpc) is 3.16. The van der Waals surface area contributed by atoms with E-state index in [1.165, 1.54) is 19.1 Å². The summed E-state index contributed by atoms with van der Waals surface area (Å²) in [5.74, 6) is -0.264. The Morgan fingerprint density at radius 3 is 2.59 bits per heavy atom. The van der Waals surface area contributed by atoms with E-state index in [-0.39, 0.29) is 11.6 Å². The Bertz CT molecular complexity index is 422. The molecule has 0 aliphatic carbocycles. The summed E-state index contributed by atoms with van der Waals surface area (Å²) in [5.41, 5.74) is 2.74. The lowest BCUT2D eigenvalue weighted by Gasteiger charge is -2.08. The maximum absolute atomic E-state index is 11.1. The van der Waals surface area contributed by atoms with Crippen LogP contribution >= 0.6 is 0 Å². The van der Waals surface area contributed by atoms with Gasteiger partial charge in [-0.25, -0.2) is 4.79 Å². The summed E-state index contributed by atoms with van der Waals surface area (Å²) < 4.78 is 10.4. The third-order valence-electron chi connectivity index (χ3n) is 4.57. The van der Waals surface area contributed by atoms with Crippen molar-refractivity contribution in [1.82, 2.24) is 0 Å². The lowest BCUT2D eigenvalue weighted by molar-refractivity contribution is -0.134. The molecule has 1 fully saturated rings. The van der Waals surface area contributed by atoms with Crippen molar-refractivity contribution >= 4 is 5.97 Å². The number of carbonyl (C=O) groups excluding carboxylic acids is 1. The van der Waals surface area contributed by atoms with Crippen molar-refractivity contribution < 1.29 is 14.3 Å². The van der Waals surface area contributed by atoms with Gasteiger partial charge in [0.05, 0.1) is 18.8 Å². The number of hydrogen-bond donors (Lipinski definition) is 0. The van der Waals surface area contributed by atoms with Crippen molar-refractivity contribution in [2.24, 2.45) is 0 Å². The van der Waals surface area contributed by atoms with Crippen LogP contribution in [-0.2, 0) is 14.3 Å². The van der Waals surface area contributed by atoms with Crippen LogP contribution in [0.2, 0.25) is 0 Å². The molecule has 1 saturated heterocycles. The maximum atomic E-state index is 11.1. The minimum atomic E-state index is -0.264. The molecule has 2 atom stereocenters. The van der Waals surface area contributed by atoms with Gasteiger partial charge in [-0.1, -0.05) is 31.1 Å². The molecule has 0 saturated carbocycles. The second-order valence-corrected chi connectivity index (χ2v) is 6.45. The first-order chi connectivity index (χ1) is 10.4. The zero-order chi connectivity index (χ0) is 16.6. The van der Waals surface area contributed by atoms with Crippen molar-refractivity contribution in [2.75, 3.05) is 7.11 Å². The van der Waals surface area contributed by atoms with Crippen LogP contribution in [0, 0.1) is 0 Å².